The van der Waals surface area contributed by atoms with Gasteiger partial charge in [-0.3, -0.25) is 14.4 Å². The Morgan fingerprint density at radius 1 is 1.38 bits per heavy atom. The first-order chi connectivity index (χ1) is 11.3. The Hall–Kier alpha value is -2.35. The van der Waals surface area contributed by atoms with E-state index in [4.69, 9.17) is 5.11 Å². The first-order valence-electron chi connectivity index (χ1n) is 7.35. The summed E-state index contributed by atoms with van der Waals surface area (Å²) < 4.78 is 0. The van der Waals surface area contributed by atoms with Crippen molar-refractivity contribution in [3.05, 3.63) is 29.8 Å². The van der Waals surface area contributed by atoms with Gasteiger partial charge in [0.15, 0.2) is 0 Å². The smallest absolute Gasteiger partial charge is 0.327 e. The molecule has 2 atom stereocenters. The molecule has 3 amide bonds. The number of hydrogen-bond acceptors (Lipinski definition) is 5. The van der Waals surface area contributed by atoms with E-state index in [1.807, 2.05) is 19.1 Å². The number of thioether (sulfide) groups is 1. The fraction of sp³-hybridized carbons (Fsp3) is 0.375. The molecule has 2 rings (SSSR count). The van der Waals surface area contributed by atoms with Gasteiger partial charge < -0.3 is 10.4 Å². The Balaban J connectivity index is 2.07. The summed E-state index contributed by atoms with van der Waals surface area (Å²) in [6.07, 6.45) is 0.0181. The molecular formula is C16H18N2O5S. The molecule has 24 heavy (non-hydrogen) atoms. The van der Waals surface area contributed by atoms with Gasteiger partial charge >= 0.3 is 5.97 Å². The van der Waals surface area contributed by atoms with Crippen LogP contribution in [0.1, 0.15) is 18.9 Å². The molecular weight excluding hydrogens is 332 g/mol. The zero-order valence-electron chi connectivity index (χ0n) is 13.3. The van der Waals surface area contributed by atoms with E-state index in [-0.39, 0.29) is 24.0 Å². The average molecular weight is 350 g/mol. The van der Waals surface area contributed by atoms with Crippen molar-refractivity contribution in [2.45, 2.75) is 31.6 Å². The van der Waals surface area contributed by atoms with Gasteiger partial charge in [0.05, 0.1) is 10.9 Å². The Labute approximate surface area is 143 Å². The van der Waals surface area contributed by atoms with E-state index in [0.717, 1.165) is 22.2 Å². The van der Waals surface area contributed by atoms with E-state index in [1.165, 1.54) is 6.92 Å². The van der Waals surface area contributed by atoms with Gasteiger partial charge in [0, 0.05) is 19.1 Å². The number of aryl methyl sites for hydroxylation is 1. The number of rotatable bonds is 6. The molecule has 0 saturated carbocycles. The number of carbonyl (C=O) groups excluding carboxylic acids is 3. The number of imide groups is 1. The van der Waals surface area contributed by atoms with Gasteiger partial charge in [0.25, 0.3) is 0 Å². The number of para-hydroxylation sites is 1. The van der Waals surface area contributed by atoms with Crippen molar-refractivity contribution in [1.82, 2.24) is 5.32 Å². The first kappa shape index (κ1) is 18.0. The van der Waals surface area contributed by atoms with Crippen LogP contribution in [0.15, 0.2) is 24.3 Å². The molecule has 1 heterocycles. The van der Waals surface area contributed by atoms with Gasteiger partial charge in [-0.25, -0.2) is 9.69 Å². The number of aliphatic carboxylic acids is 1. The van der Waals surface area contributed by atoms with Gasteiger partial charge in [0.2, 0.25) is 17.7 Å². The van der Waals surface area contributed by atoms with E-state index in [1.54, 1.807) is 12.1 Å². The molecule has 128 valence electrons. The maximum Gasteiger partial charge on any atom is 0.327 e. The lowest BCUT2D eigenvalue weighted by Crippen LogP contribution is -2.42. The molecule has 2 N–H and O–H groups in total. The molecule has 1 saturated heterocycles. The molecule has 0 bridgehead atoms. The first-order valence-corrected chi connectivity index (χ1v) is 8.40. The summed E-state index contributed by atoms with van der Waals surface area (Å²) in [7, 11) is 0. The third-order valence-corrected chi connectivity index (χ3v) is 4.90. The van der Waals surface area contributed by atoms with Crippen molar-refractivity contribution < 1.29 is 24.3 Å². The van der Waals surface area contributed by atoms with Crippen LogP contribution < -0.4 is 10.2 Å². The standard InChI is InChI=1S/C16H18N2O5S/c1-9-5-3-4-6-12(9)18-14(20)7-13(15(18)21)24-8-11(16(22)23)17-10(2)19/h3-6,11,13H,7-8H2,1-2H3,(H,17,19)(H,22,23)/t11-,13+/m0/s1. The molecule has 0 aliphatic carbocycles. The minimum absolute atomic E-state index is 0.0141. The lowest BCUT2D eigenvalue weighted by molar-refractivity contribution is -0.140. The molecule has 0 spiro atoms. The second kappa shape index (κ2) is 7.48. The van der Waals surface area contributed by atoms with Crippen LogP contribution in [0.4, 0.5) is 5.69 Å². The van der Waals surface area contributed by atoms with Crippen LogP contribution in [0, 0.1) is 6.92 Å². The van der Waals surface area contributed by atoms with Crippen molar-refractivity contribution in [1.29, 1.82) is 0 Å². The second-order valence-electron chi connectivity index (χ2n) is 5.47. The number of carbonyl (C=O) groups is 4. The molecule has 1 aromatic carbocycles. The summed E-state index contributed by atoms with van der Waals surface area (Å²) >= 11 is 1.07. The maximum absolute atomic E-state index is 12.5. The Kier molecular flexibility index (Phi) is 5.61. The number of benzene rings is 1. The van der Waals surface area contributed by atoms with E-state index < -0.39 is 23.2 Å². The highest BCUT2D eigenvalue weighted by Crippen LogP contribution is 2.31. The third kappa shape index (κ3) is 3.94. The highest BCUT2D eigenvalue weighted by molar-refractivity contribution is 8.00. The van der Waals surface area contributed by atoms with Gasteiger partial charge in [0.1, 0.15) is 6.04 Å². The summed E-state index contributed by atoms with van der Waals surface area (Å²) in [6.45, 7) is 3.04. The molecule has 1 aliphatic heterocycles. The molecule has 0 aromatic heterocycles. The van der Waals surface area contributed by atoms with Crippen molar-refractivity contribution in [2.24, 2.45) is 0 Å². The van der Waals surface area contributed by atoms with Crippen LogP contribution in [-0.4, -0.2) is 45.8 Å². The SMILES string of the molecule is CC(=O)N[C@@H](CS[C@@H]1CC(=O)N(c2ccccc2C)C1=O)C(=O)O. The van der Waals surface area contributed by atoms with Crippen molar-refractivity contribution >= 4 is 41.1 Å². The number of nitrogens with one attached hydrogen (secondary N) is 1. The summed E-state index contributed by atoms with van der Waals surface area (Å²) in [6, 6.07) is 5.99. The lowest BCUT2D eigenvalue weighted by Gasteiger charge is -2.18. The van der Waals surface area contributed by atoms with Crippen molar-refractivity contribution in [3.8, 4) is 0 Å². The number of nitrogens with zero attached hydrogens (tertiary/aromatic N) is 1. The van der Waals surface area contributed by atoms with Gasteiger partial charge in [-0.1, -0.05) is 18.2 Å². The Morgan fingerprint density at radius 2 is 2.04 bits per heavy atom. The molecule has 1 aliphatic rings. The minimum Gasteiger partial charge on any atom is -0.480 e. The Morgan fingerprint density at radius 3 is 2.62 bits per heavy atom. The van der Waals surface area contributed by atoms with E-state index in [9.17, 15) is 19.2 Å². The molecule has 1 fully saturated rings. The van der Waals surface area contributed by atoms with Crippen LogP contribution in [0.5, 0.6) is 0 Å². The van der Waals surface area contributed by atoms with Gasteiger partial charge in [-0.15, -0.1) is 11.8 Å². The average Bonchev–Trinajstić information content (AvgIpc) is 2.78. The van der Waals surface area contributed by atoms with Crippen molar-refractivity contribution in [3.63, 3.8) is 0 Å². The summed E-state index contributed by atoms with van der Waals surface area (Å²) in [4.78, 5) is 48.0. The number of carboxylic acids is 1. The fourth-order valence-electron chi connectivity index (χ4n) is 2.43. The number of amides is 3. The highest BCUT2D eigenvalue weighted by atomic mass is 32.2. The summed E-state index contributed by atoms with van der Waals surface area (Å²) in [5.74, 6) is -2.28. The number of carboxylic acid groups (broad SMARTS) is 1. The van der Waals surface area contributed by atoms with E-state index in [0.29, 0.717) is 5.69 Å². The van der Waals surface area contributed by atoms with Crippen LogP contribution in [-0.2, 0) is 19.2 Å². The lowest BCUT2D eigenvalue weighted by atomic mass is 10.2. The largest absolute Gasteiger partial charge is 0.480 e. The molecule has 7 nitrogen and oxygen atoms in total. The fourth-order valence-corrected chi connectivity index (χ4v) is 3.59. The highest BCUT2D eigenvalue weighted by Gasteiger charge is 2.40. The van der Waals surface area contributed by atoms with Crippen molar-refractivity contribution in [2.75, 3.05) is 10.7 Å². The van der Waals surface area contributed by atoms with Crippen LogP contribution >= 0.6 is 11.8 Å². The quantitative estimate of drug-likeness (QED) is 0.740. The summed E-state index contributed by atoms with van der Waals surface area (Å²) in [5, 5.41) is 10.8. The van der Waals surface area contributed by atoms with E-state index >= 15 is 0 Å². The van der Waals surface area contributed by atoms with E-state index in [2.05, 4.69) is 5.32 Å². The Bertz CT molecular complexity index is 691. The van der Waals surface area contributed by atoms with Crippen LogP contribution in [0.3, 0.4) is 0 Å². The second-order valence-corrected chi connectivity index (χ2v) is 6.71. The maximum atomic E-state index is 12.5. The molecule has 1 aromatic rings. The third-order valence-electron chi connectivity index (χ3n) is 3.60. The normalized spacial score (nSPS) is 18.6. The zero-order chi connectivity index (χ0) is 17.9. The number of hydrogen-bond donors (Lipinski definition) is 2. The van der Waals surface area contributed by atoms with Gasteiger partial charge in [-0.2, -0.15) is 0 Å². The molecule has 0 radical (unpaired) electrons. The monoisotopic (exact) mass is 350 g/mol. The minimum atomic E-state index is -1.18. The molecule has 0 unspecified atom stereocenters. The predicted octanol–water partition coefficient (Wildman–Crippen LogP) is 0.949. The van der Waals surface area contributed by atoms with Crippen LogP contribution in [0.25, 0.3) is 0 Å². The van der Waals surface area contributed by atoms with Gasteiger partial charge in [-0.05, 0) is 18.6 Å². The number of anilines is 1. The molecule has 8 heteroatoms. The topological polar surface area (TPSA) is 104 Å². The van der Waals surface area contributed by atoms with Crippen LogP contribution in [0.2, 0.25) is 0 Å². The summed E-state index contributed by atoms with van der Waals surface area (Å²) in [5.41, 5.74) is 1.36. The zero-order valence-corrected chi connectivity index (χ0v) is 14.1. The predicted molar refractivity (Wildman–Crippen MR) is 89.8 cm³/mol.